The van der Waals surface area contributed by atoms with E-state index in [1.54, 1.807) is 37.8 Å². The van der Waals surface area contributed by atoms with Gasteiger partial charge < -0.3 is 9.88 Å². The number of imidazole rings is 1. The summed E-state index contributed by atoms with van der Waals surface area (Å²) in [6.45, 7) is 0.332. The Hall–Kier alpha value is -3.23. The summed E-state index contributed by atoms with van der Waals surface area (Å²) in [7, 11) is 1.62. The summed E-state index contributed by atoms with van der Waals surface area (Å²) in [5.74, 6) is -0.175. The van der Waals surface area contributed by atoms with Gasteiger partial charge in [-0.2, -0.15) is 5.10 Å². The van der Waals surface area contributed by atoms with Gasteiger partial charge in [-0.05, 0) is 30.3 Å². The van der Waals surface area contributed by atoms with Crippen LogP contribution >= 0.6 is 22.9 Å². The second-order valence-corrected chi connectivity index (χ2v) is 7.98. The molecule has 0 saturated carbocycles. The highest BCUT2D eigenvalue weighted by atomic mass is 35.5. The van der Waals surface area contributed by atoms with Gasteiger partial charge >= 0.3 is 0 Å². The van der Waals surface area contributed by atoms with Gasteiger partial charge in [0.2, 0.25) is 0 Å². The molecule has 4 aromatic rings. The SMILES string of the molecule is Cn1nc(-c2ccc(-n3cncc3CNC(=O)c3ccc(Cl)s3)cc2)ccc1=O. The van der Waals surface area contributed by atoms with Crippen LogP contribution in [0.15, 0.2) is 65.8 Å². The van der Waals surface area contributed by atoms with E-state index in [4.69, 9.17) is 11.6 Å². The van der Waals surface area contributed by atoms with Crippen LogP contribution in [-0.4, -0.2) is 25.2 Å². The molecule has 146 valence electrons. The maximum atomic E-state index is 12.2. The number of rotatable bonds is 5. The molecule has 0 bridgehead atoms. The van der Waals surface area contributed by atoms with Crippen LogP contribution in [0.5, 0.6) is 0 Å². The second kappa shape index (κ2) is 8.02. The van der Waals surface area contributed by atoms with Crippen LogP contribution in [0.25, 0.3) is 16.9 Å². The molecule has 0 radical (unpaired) electrons. The fourth-order valence-electron chi connectivity index (χ4n) is 2.83. The van der Waals surface area contributed by atoms with Gasteiger partial charge in [-0.1, -0.05) is 23.7 Å². The van der Waals surface area contributed by atoms with Gasteiger partial charge in [-0.25, -0.2) is 9.67 Å². The number of carbonyl (C=O) groups excluding carboxylic acids is 1. The molecule has 1 amide bonds. The van der Waals surface area contributed by atoms with Crippen LogP contribution in [0.1, 0.15) is 15.4 Å². The summed E-state index contributed by atoms with van der Waals surface area (Å²) < 4.78 is 3.79. The van der Waals surface area contributed by atoms with Crippen molar-refractivity contribution in [2.45, 2.75) is 6.54 Å². The number of nitrogens with zero attached hydrogens (tertiary/aromatic N) is 4. The number of aryl methyl sites for hydroxylation is 1. The molecule has 0 unspecified atom stereocenters. The Bertz CT molecular complexity index is 1230. The van der Waals surface area contributed by atoms with Crippen LogP contribution in [0, 0.1) is 0 Å². The minimum Gasteiger partial charge on any atom is -0.346 e. The zero-order chi connectivity index (χ0) is 20.4. The number of halogens is 1. The number of amides is 1. The smallest absolute Gasteiger partial charge is 0.266 e. The number of carbonyl (C=O) groups is 1. The molecule has 4 rings (SSSR count). The molecule has 3 heterocycles. The van der Waals surface area contributed by atoms with Gasteiger partial charge in [0, 0.05) is 24.4 Å². The maximum absolute atomic E-state index is 12.2. The van der Waals surface area contributed by atoms with Gasteiger partial charge in [0.15, 0.2) is 0 Å². The second-order valence-electron chi connectivity index (χ2n) is 6.27. The van der Waals surface area contributed by atoms with Gasteiger partial charge in [0.05, 0.1) is 39.7 Å². The predicted molar refractivity (Wildman–Crippen MR) is 113 cm³/mol. The topological polar surface area (TPSA) is 81.8 Å². The van der Waals surface area contributed by atoms with E-state index in [1.165, 1.54) is 22.1 Å². The number of hydrogen-bond donors (Lipinski definition) is 1. The molecule has 0 atom stereocenters. The molecule has 7 nitrogen and oxygen atoms in total. The Morgan fingerprint density at radius 3 is 2.62 bits per heavy atom. The van der Waals surface area contributed by atoms with E-state index in [0.29, 0.717) is 21.5 Å². The standard InChI is InChI=1S/C20H16ClN5O2S/c1-25-19(27)9-6-16(24-25)13-2-4-14(5-3-13)26-12-22-10-15(26)11-23-20(28)17-7-8-18(21)29-17/h2-10,12H,11H2,1H3,(H,23,28). The largest absolute Gasteiger partial charge is 0.346 e. The molecule has 0 saturated heterocycles. The van der Waals surface area contributed by atoms with Crippen molar-refractivity contribution in [3.63, 3.8) is 0 Å². The van der Waals surface area contributed by atoms with Crippen molar-refractivity contribution >= 4 is 28.8 Å². The molecular formula is C20H16ClN5O2S. The normalized spacial score (nSPS) is 10.8. The molecule has 0 aliphatic rings. The van der Waals surface area contributed by atoms with E-state index >= 15 is 0 Å². The lowest BCUT2D eigenvalue weighted by atomic mass is 10.1. The van der Waals surface area contributed by atoms with Crippen LogP contribution in [0.4, 0.5) is 0 Å². The number of nitrogens with one attached hydrogen (secondary N) is 1. The first kappa shape index (κ1) is 19.1. The highest BCUT2D eigenvalue weighted by Gasteiger charge is 2.11. The third kappa shape index (κ3) is 4.13. The van der Waals surface area contributed by atoms with Crippen molar-refractivity contribution in [3.05, 3.63) is 86.3 Å². The van der Waals surface area contributed by atoms with E-state index < -0.39 is 0 Å². The average molecular weight is 426 g/mol. The fraction of sp³-hybridized carbons (Fsp3) is 0.100. The lowest BCUT2D eigenvalue weighted by molar-refractivity contribution is 0.0954. The van der Waals surface area contributed by atoms with E-state index in [9.17, 15) is 9.59 Å². The summed E-state index contributed by atoms with van der Waals surface area (Å²) in [4.78, 5) is 28.5. The van der Waals surface area contributed by atoms with Crippen molar-refractivity contribution in [1.29, 1.82) is 0 Å². The highest BCUT2D eigenvalue weighted by molar-refractivity contribution is 7.17. The van der Waals surface area contributed by atoms with Gasteiger partial charge in [-0.3, -0.25) is 9.59 Å². The molecule has 0 aliphatic carbocycles. The first-order chi connectivity index (χ1) is 14.0. The van der Waals surface area contributed by atoms with Crippen molar-refractivity contribution in [1.82, 2.24) is 24.6 Å². The number of thiophene rings is 1. The lowest BCUT2D eigenvalue weighted by Gasteiger charge is -2.10. The molecule has 9 heteroatoms. The molecular weight excluding hydrogens is 410 g/mol. The third-order valence-electron chi connectivity index (χ3n) is 4.34. The third-order valence-corrected chi connectivity index (χ3v) is 5.57. The van der Waals surface area contributed by atoms with Gasteiger partial charge in [0.1, 0.15) is 0 Å². The average Bonchev–Trinajstić information content (AvgIpc) is 3.37. The Morgan fingerprint density at radius 1 is 1.14 bits per heavy atom. The van der Waals surface area contributed by atoms with E-state index in [0.717, 1.165) is 16.9 Å². The van der Waals surface area contributed by atoms with Crippen molar-refractivity contribution in [2.24, 2.45) is 7.05 Å². The van der Waals surface area contributed by atoms with Gasteiger partial charge in [0.25, 0.3) is 11.5 Å². The fourth-order valence-corrected chi connectivity index (χ4v) is 3.79. The molecule has 0 spiro atoms. The summed E-state index contributed by atoms with van der Waals surface area (Å²) in [5.41, 5.74) is 3.20. The van der Waals surface area contributed by atoms with Crippen LogP contribution in [-0.2, 0) is 13.6 Å². The molecule has 0 fully saturated rings. The first-order valence-electron chi connectivity index (χ1n) is 8.71. The minimum atomic E-state index is -0.175. The van der Waals surface area contributed by atoms with E-state index in [-0.39, 0.29) is 11.5 Å². The molecule has 29 heavy (non-hydrogen) atoms. The highest BCUT2D eigenvalue weighted by Crippen LogP contribution is 2.22. The minimum absolute atomic E-state index is 0.153. The molecule has 0 aliphatic heterocycles. The Kier molecular flexibility index (Phi) is 5.28. The van der Waals surface area contributed by atoms with Crippen molar-refractivity contribution < 1.29 is 4.79 Å². The molecule has 1 aromatic carbocycles. The van der Waals surface area contributed by atoms with Crippen molar-refractivity contribution in [2.75, 3.05) is 0 Å². The number of hydrogen-bond acceptors (Lipinski definition) is 5. The summed E-state index contributed by atoms with van der Waals surface area (Å²) in [6, 6.07) is 14.3. The van der Waals surface area contributed by atoms with Crippen LogP contribution < -0.4 is 10.9 Å². The predicted octanol–water partition coefficient (Wildman–Crippen LogP) is 3.28. The maximum Gasteiger partial charge on any atom is 0.266 e. The van der Waals surface area contributed by atoms with Gasteiger partial charge in [-0.15, -0.1) is 11.3 Å². The Balaban J connectivity index is 1.51. The number of benzene rings is 1. The van der Waals surface area contributed by atoms with Crippen molar-refractivity contribution in [3.8, 4) is 16.9 Å². The Labute approximate surface area is 175 Å². The molecule has 3 aromatic heterocycles. The zero-order valence-electron chi connectivity index (χ0n) is 15.4. The summed E-state index contributed by atoms with van der Waals surface area (Å²) in [5, 5.41) is 7.14. The monoisotopic (exact) mass is 425 g/mol. The van der Waals surface area contributed by atoms with Crippen LogP contribution in [0.2, 0.25) is 4.34 Å². The zero-order valence-corrected chi connectivity index (χ0v) is 16.9. The van der Waals surface area contributed by atoms with E-state index in [2.05, 4.69) is 15.4 Å². The quantitative estimate of drug-likeness (QED) is 0.532. The Morgan fingerprint density at radius 2 is 1.93 bits per heavy atom. The summed E-state index contributed by atoms with van der Waals surface area (Å²) in [6.07, 6.45) is 3.41. The molecule has 1 N–H and O–H groups in total. The first-order valence-corrected chi connectivity index (χ1v) is 9.90. The van der Waals surface area contributed by atoms with Crippen LogP contribution in [0.3, 0.4) is 0 Å². The van der Waals surface area contributed by atoms with E-state index in [1.807, 2.05) is 28.8 Å². The summed E-state index contributed by atoms with van der Waals surface area (Å²) >= 11 is 7.12. The lowest BCUT2D eigenvalue weighted by Crippen LogP contribution is -2.23. The number of aromatic nitrogens is 4.